The number of carbonyl (C=O) groups excluding carboxylic acids is 1. The van der Waals surface area contributed by atoms with Gasteiger partial charge >= 0.3 is 11.9 Å². The van der Waals surface area contributed by atoms with Gasteiger partial charge in [0.1, 0.15) is 6.61 Å². The van der Waals surface area contributed by atoms with E-state index in [9.17, 15) is 9.59 Å². The minimum atomic E-state index is -1.24. The van der Waals surface area contributed by atoms with Gasteiger partial charge in [-0.15, -0.1) is 0 Å². The predicted molar refractivity (Wildman–Crippen MR) is 39.1 cm³/mol. The summed E-state index contributed by atoms with van der Waals surface area (Å²) in [6.07, 6.45) is 0. The van der Waals surface area contributed by atoms with Crippen molar-refractivity contribution in [2.75, 3.05) is 13.2 Å². The number of carboxylic acids is 1. The number of carbonyl (C=O) groups is 2. The van der Waals surface area contributed by atoms with E-state index in [2.05, 4.69) is 4.74 Å². The highest BCUT2D eigenvalue weighted by Crippen LogP contribution is 1.74. The molecular formula is C6H14O5. The number of hydrogen-bond acceptors (Lipinski definition) is 4. The van der Waals surface area contributed by atoms with E-state index >= 15 is 0 Å². The van der Waals surface area contributed by atoms with Crippen molar-refractivity contribution >= 4 is 11.9 Å². The summed E-state index contributed by atoms with van der Waals surface area (Å²) in [4.78, 5) is 19.6. The maximum atomic E-state index is 9.98. The molecule has 0 amide bonds. The molecule has 0 atom stereocenters. The second kappa shape index (κ2) is 8.90. The lowest BCUT2D eigenvalue weighted by Crippen LogP contribution is -2.15. The van der Waals surface area contributed by atoms with Gasteiger partial charge in [0.05, 0.1) is 0 Å². The number of esters is 1. The van der Waals surface area contributed by atoms with Crippen LogP contribution in [0.25, 0.3) is 0 Å². The van der Waals surface area contributed by atoms with E-state index in [4.69, 9.17) is 10.2 Å². The lowest BCUT2D eigenvalue weighted by atomic mass is 10.7. The van der Waals surface area contributed by atoms with Gasteiger partial charge in [0.25, 0.3) is 0 Å². The topological polar surface area (TPSA) is 83.8 Å². The quantitative estimate of drug-likeness (QED) is 0.571. The molecule has 11 heavy (non-hydrogen) atoms. The fraction of sp³-hybridized carbons (Fsp3) is 0.667. The van der Waals surface area contributed by atoms with E-state index < -0.39 is 25.2 Å². The molecule has 0 unspecified atom stereocenters. The summed E-state index contributed by atoms with van der Waals surface area (Å²) >= 11 is 0. The molecule has 0 heterocycles. The fourth-order valence-electron chi connectivity index (χ4n) is 0.188. The van der Waals surface area contributed by atoms with Gasteiger partial charge in [-0.3, -0.25) is 0 Å². The van der Waals surface area contributed by atoms with Crippen LogP contribution < -0.4 is 0 Å². The first-order chi connectivity index (χ1) is 4.16. The fourth-order valence-corrected chi connectivity index (χ4v) is 0.188. The molecule has 68 valence electrons. The summed E-state index contributed by atoms with van der Waals surface area (Å²) in [5.41, 5.74) is 0. The number of ether oxygens (including phenoxy) is 1. The van der Waals surface area contributed by atoms with Gasteiger partial charge in [0, 0.05) is 0 Å². The van der Waals surface area contributed by atoms with Crippen molar-refractivity contribution in [3.63, 3.8) is 0 Å². The third-order valence-electron chi connectivity index (χ3n) is 0.486. The molecule has 5 nitrogen and oxygen atoms in total. The van der Waals surface area contributed by atoms with Crippen LogP contribution in [0.1, 0.15) is 14.9 Å². The molecule has 0 aliphatic rings. The van der Waals surface area contributed by atoms with Crippen LogP contribution >= 0.6 is 0 Å². The Labute approximate surface area is 65.6 Å². The Balaban J connectivity index is -0.000000320. The van der Waals surface area contributed by atoms with Crippen molar-refractivity contribution in [3.8, 4) is 0 Å². The molecule has 0 fully saturated rings. The zero-order chi connectivity index (χ0) is 7.28. The minimum Gasteiger partial charge on any atom is -0.479 e. The number of carboxylic acid groups (broad SMARTS) is 1. The van der Waals surface area contributed by atoms with Crippen molar-refractivity contribution in [2.24, 2.45) is 0 Å². The molecule has 0 aliphatic carbocycles. The number of aliphatic carboxylic acids is 1. The van der Waals surface area contributed by atoms with Crippen LogP contribution in [0.2, 0.25) is 0 Å². The van der Waals surface area contributed by atoms with Crippen molar-refractivity contribution in [1.82, 2.24) is 0 Å². The number of hydrogen-bond donors (Lipinski definition) is 2. The van der Waals surface area contributed by atoms with Gasteiger partial charge in [-0.2, -0.15) is 0 Å². The van der Waals surface area contributed by atoms with E-state index in [0.29, 0.717) is 0 Å². The molecule has 0 radical (unpaired) electrons. The molecular weight excluding hydrogens is 152 g/mol. The molecule has 0 aromatic rings. The maximum Gasteiger partial charge on any atom is 0.341 e. The van der Waals surface area contributed by atoms with Crippen molar-refractivity contribution in [3.05, 3.63) is 0 Å². The van der Waals surface area contributed by atoms with Gasteiger partial charge in [0.15, 0.2) is 6.61 Å². The molecule has 0 spiro atoms. The summed E-state index contributed by atoms with van der Waals surface area (Å²) in [6, 6.07) is 0. The Hall–Kier alpha value is -1.10. The van der Waals surface area contributed by atoms with Gasteiger partial charge in [-0.1, -0.05) is 14.9 Å². The standard InChI is InChI=1S/C4H6O5.2CH4/c5-1-4(8)9-2-3(6)7;;/h5H,1-2H2,(H,6,7);2*1H4. The van der Waals surface area contributed by atoms with Crippen LogP contribution in [-0.2, 0) is 14.3 Å². The smallest absolute Gasteiger partial charge is 0.341 e. The second-order valence-electron chi connectivity index (χ2n) is 1.21. The van der Waals surface area contributed by atoms with Crippen LogP contribution in [0.5, 0.6) is 0 Å². The third-order valence-corrected chi connectivity index (χ3v) is 0.486. The number of aliphatic hydroxyl groups is 1. The van der Waals surface area contributed by atoms with Crippen molar-refractivity contribution in [2.45, 2.75) is 14.9 Å². The molecule has 0 aromatic carbocycles. The average Bonchev–Trinajstić information content (AvgIpc) is 1.83. The average molecular weight is 166 g/mol. The molecule has 0 saturated heterocycles. The van der Waals surface area contributed by atoms with Crippen LogP contribution in [0.15, 0.2) is 0 Å². The lowest BCUT2D eigenvalue weighted by Gasteiger charge is -1.95. The Kier molecular flexibility index (Phi) is 13.3. The van der Waals surface area contributed by atoms with Gasteiger partial charge in [-0.05, 0) is 0 Å². The van der Waals surface area contributed by atoms with Crippen molar-refractivity contribution in [1.29, 1.82) is 0 Å². The van der Waals surface area contributed by atoms with E-state index in [1.165, 1.54) is 0 Å². The van der Waals surface area contributed by atoms with E-state index in [0.717, 1.165) is 0 Å². The van der Waals surface area contributed by atoms with E-state index in [1.807, 2.05) is 0 Å². The Morgan fingerprint density at radius 2 is 1.73 bits per heavy atom. The zero-order valence-electron chi connectivity index (χ0n) is 4.53. The summed E-state index contributed by atoms with van der Waals surface area (Å²) in [5, 5.41) is 15.9. The largest absolute Gasteiger partial charge is 0.479 e. The molecule has 2 N–H and O–H groups in total. The van der Waals surface area contributed by atoms with Gasteiger partial charge in [0.2, 0.25) is 0 Å². The zero-order valence-corrected chi connectivity index (χ0v) is 4.53. The van der Waals surface area contributed by atoms with Crippen LogP contribution in [0.3, 0.4) is 0 Å². The first kappa shape index (κ1) is 16.5. The first-order valence-corrected chi connectivity index (χ1v) is 2.15. The number of rotatable bonds is 3. The highest BCUT2D eigenvalue weighted by Gasteiger charge is 2.01. The Bertz CT molecular complexity index is 120. The SMILES string of the molecule is C.C.O=C(O)COC(=O)CO. The highest BCUT2D eigenvalue weighted by atomic mass is 16.6. The molecule has 0 rings (SSSR count). The first-order valence-electron chi connectivity index (χ1n) is 2.15. The monoisotopic (exact) mass is 166 g/mol. The summed E-state index contributed by atoms with van der Waals surface area (Å²) in [5.74, 6) is -2.17. The maximum absolute atomic E-state index is 9.98. The molecule has 0 bridgehead atoms. The Morgan fingerprint density at radius 1 is 1.27 bits per heavy atom. The van der Waals surface area contributed by atoms with Crippen molar-refractivity contribution < 1.29 is 24.5 Å². The normalized spacial score (nSPS) is 7.00. The number of aliphatic hydroxyl groups excluding tert-OH is 1. The lowest BCUT2D eigenvalue weighted by molar-refractivity contribution is -0.156. The van der Waals surface area contributed by atoms with Gasteiger partial charge < -0.3 is 14.9 Å². The van der Waals surface area contributed by atoms with Crippen LogP contribution in [0, 0.1) is 0 Å². The van der Waals surface area contributed by atoms with Crippen LogP contribution in [-0.4, -0.2) is 35.4 Å². The highest BCUT2D eigenvalue weighted by molar-refractivity contribution is 5.75. The van der Waals surface area contributed by atoms with Crippen LogP contribution in [0.4, 0.5) is 0 Å². The molecule has 0 aliphatic heterocycles. The molecule has 0 aromatic heterocycles. The third kappa shape index (κ3) is 12.2. The predicted octanol–water partition coefficient (Wildman–Crippen LogP) is -0.121. The minimum absolute atomic E-state index is 0. The van der Waals surface area contributed by atoms with E-state index in [-0.39, 0.29) is 14.9 Å². The Morgan fingerprint density at radius 3 is 2.00 bits per heavy atom. The van der Waals surface area contributed by atoms with Gasteiger partial charge in [-0.25, -0.2) is 9.59 Å². The van der Waals surface area contributed by atoms with E-state index in [1.54, 1.807) is 0 Å². The summed E-state index contributed by atoms with van der Waals surface area (Å²) in [7, 11) is 0. The molecule has 0 saturated carbocycles. The summed E-state index contributed by atoms with van der Waals surface area (Å²) in [6.45, 7) is -1.48. The molecule has 5 heteroatoms. The second-order valence-corrected chi connectivity index (χ2v) is 1.21. The summed E-state index contributed by atoms with van der Waals surface area (Å²) < 4.78 is 3.96.